The van der Waals surface area contributed by atoms with Crippen LogP contribution in [0.5, 0.6) is 0 Å². The smallest absolute Gasteiger partial charge is 0.155 e. The summed E-state index contributed by atoms with van der Waals surface area (Å²) in [5.41, 5.74) is 4.28. The molecular weight excluding hydrogens is 380 g/mol. The summed E-state index contributed by atoms with van der Waals surface area (Å²) in [6.07, 6.45) is 3.57. The summed E-state index contributed by atoms with van der Waals surface area (Å²) in [6.45, 7) is 3.11. The number of imidazole rings is 1. The lowest BCUT2D eigenvalue weighted by atomic mass is 10.1. The first kappa shape index (κ1) is 18.5. The van der Waals surface area contributed by atoms with E-state index in [1.807, 2.05) is 48.5 Å². The zero-order valence-electron chi connectivity index (χ0n) is 16.4. The zero-order chi connectivity index (χ0) is 20.3. The van der Waals surface area contributed by atoms with E-state index >= 15 is 0 Å². The van der Waals surface area contributed by atoms with Gasteiger partial charge in [0.15, 0.2) is 11.5 Å². The Bertz CT molecular complexity index is 1170. The topological polar surface area (TPSA) is 87.8 Å². The highest BCUT2D eigenvalue weighted by molar-refractivity contribution is 5.65. The number of hydrogen-bond donors (Lipinski definition) is 2. The molecule has 0 saturated carbocycles. The van der Waals surface area contributed by atoms with Gasteiger partial charge in [0, 0.05) is 36.6 Å². The number of morpholine rings is 1. The van der Waals surface area contributed by atoms with Crippen molar-refractivity contribution in [1.82, 2.24) is 19.6 Å². The lowest BCUT2D eigenvalue weighted by Gasteiger charge is -2.28. The van der Waals surface area contributed by atoms with Gasteiger partial charge in [0.1, 0.15) is 5.82 Å². The summed E-state index contributed by atoms with van der Waals surface area (Å²) in [5, 5.41) is 17.6. The minimum absolute atomic E-state index is 0.00147. The van der Waals surface area contributed by atoms with Crippen LogP contribution in [0.3, 0.4) is 0 Å². The zero-order valence-corrected chi connectivity index (χ0v) is 16.4. The number of fused-ring (bicyclic) bond motifs is 1. The third-order valence-corrected chi connectivity index (χ3v) is 5.12. The van der Waals surface area contributed by atoms with Crippen LogP contribution in [0.25, 0.3) is 16.9 Å². The number of pyridine rings is 1. The number of nitrogens with one attached hydrogen (secondary N) is 1. The van der Waals surface area contributed by atoms with Crippen LogP contribution in [0, 0.1) is 0 Å². The molecule has 4 aromatic rings. The lowest BCUT2D eigenvalue weighted by molar-refractivity contribution is 0.122. The minimum Gasteiger partial charge on any atom is -0.392 e. The standard InChI is InChI=1S/C22H22N6O2/c29-15-16-2-1-3-17(12-16)19-4-5-20-24-14-22(28(20)26-19)25-18-6-7-23-21(13-18)27-8-10-30-11-9-27/h1-7,12-14,29H,8-11,15H2,(H,23,25). The van der Waals surface area contributed by atoms with E-state index in [9.17, 15) is 5.11 Å². The maximum Gasteiger partial charge on any atom is 0.155 e. The summed E-state index contributed by atoms with van der Waals surface area (Å²) in [4.78, 5) is 11.2. The molecule has 5 rings (SSSR count). The van der Waals surface area contributed by atoms with Crippen LogP contribution in [-0.2, 0) is 11.3 Å². The quantitative estimate of drug-likeness (QED) is 0.531. The van der Waals surface area contributed by atoms with E-state index in [2.05, 4.69) is 20.2 Å². The maximum absolute atomic E-state index is 9.41. The van der Waals surface area contributed by atoms with Gasteiger partial charge in [0.2, 0.25) is 0 Å². The molecule has 0 aliphatic carbocycles. The van der Waals surface area contributed by atoms with Gasteiger partial charge in [-0.2, -0.15) is 9.61 Å². The van der Waals surface area contributed by atoms with Crippen molar-refractivity contribution in [2.75, 3.05) is 36.5 Å². The Balaban J connectivity index is 1.45. The normalized spacial score (nSPS) is 14.2. The molecule has 3 aromatic heterocycles. The van der Waals surface area contributed by atoms with Crippen LogP contribution < -0.4 is 10.2 Å². The predicted octanol–water partition coefficient (Wildman–Crippen LogP) is 2.86. The summed E-state index contributed by atoms with van der Waals surface area (Å²) >= 11 is 0. The van der Waals surface area contributed by atoms with Gasteiger partial charge in [-0.25, -0.2) is 9.97 Å². The van der Waals surface area contributed by atoms with E-state index in [0.29, 0.717) is 0 Å². The van der Waals surface area contributed by atoms with Gasteiger partial charge in [-0.15, -0.1) is 0 Å². The second kappa shape index (κ2) is 8.10. The first-order chi connectivity index (χ1) is 14.8. The van der Waals surface area contributed by atoms with Crippen molar-refractivity contribution in [2.24, 2.45) is 0 Å². The number of aliphatic hydroxyl groups excluding tert-OH is 1. The van der Waals surface area contributed by atoms with E-state index < -0.39 is 0 Å². The summed E-state index contributed by atoms with van der Waals surface area (Å²) in [7, 11) is 0. The van der Waals surface area contributed by atoms with Crippen LogP contribution in [0.4, 0.5) is 17.3 Å². The Morgan fingerprint density at radius 1 is 1.03 bits per heavy atom. The van der Waals surface area contributed by atoms with Crippen molar-refractivity contribution in [3.8, 4) is 11.3 Å². The van der Waals surface area contributed by atoms with Crippen molar-refractivity contribution in [3.63, 3.8) is 0 Å². The van der Waals surface area contributed by atoms with Crippen LogP contribution >= 0.6 is 0 Å². The van der Waals surface area contributed by atoms with Crippen molar-refractivity contribution in [2.45, 2.75) is 6.61 Å². The number of ether oxygens (including phenoxy) is 1. The molecule has 0 bridgehead atoms. The van der Waals surface area contributed by atoms with E-state index in [-0.39, 0.29) is 6.61 Å². The van der Waals surface area contributed by atoms with Gasteiger partial charge in [0.05, 0.1) is 31.7 Å². The molecule has 1 aliphatic heterocycles. The van der Waals surface area contributed by atoms with Gasteiger partial charge in [-0.05, 0) is 29.8 Å². The Morgan fingerprint density at radius 3 is 2.80 bits per heavy atom. The van der Waals surface area contributed by atoms with Crippen LogP contribution in [0.2, 0.25) is 0 Å². The summed E-state index contributed by atoms with van der Waals surface area (Å²) < 4.78 is 7.22. The SMILES string of the molecule is OCc1cccc(-c2ccc3ncc(Nc4ccnc(N5CCOCC5)c4)n3n2)c1. The van der Waals surface area contributed by atoms with E-state index in [1.54, 1.807) is 16.9 Å². The van der Waals surface area contributed by atoms with Gasteiger partial charge in [0.25, 0.3) is 0 Å². The molecule has 0 atom stereocenters. The minimum atomic E-state index is 0.00147. The molecule has 30 heavy (non-hydrogen) atoms. The molecule has 1 aromatic carbocycles. The third-order valence-electron chi connectivity index (χ3n) is 5.12. The molecule has 0 amide bonds. The molecule has 8 nitrogen and oxygen atoms in total. The van der Waals surface area contributed by atoms with Crippen molar-refractivity contribution < 1.29 is 9.84 Å². The van der Waals surface area contributed by atoms with Gasteiger partial charge >= 0.3 is 0 Å². The summed E-state index contributed by atoms with van der Waals surface area (Å²) in [5.74, 6) is 1.69. The molecule has 0 spiro atoms. The lowest BCUT2D eigenvalue weighted by Crippen LogP contribution is -2.36. The van der Waals surface area contributed by atoms with Crippen molar-refractivity contribution in [1.29, 1.82) is 0 Å². The average molecular weight is 402 g/mol. The number of aliphatic hydroxyl groups is 1. The molecule has 1 fully saturated rings. The van der Waals surface area contributed by atoms with E-state index in [0.717, 1.165) is 66.1 Å². The number of aromatic nitrogens is 4. The molecule has 0 radical (unpaired) electrons. The maximum atomic E-state index is 9.41. The van der Waals surface area contributed by atoms with E-state index in [4.69, 9.17) is 9.84 Å². The number of rotatable bonds is 5. The number of benzene rings is 1. The molecule has 1 aliphatic rings. The van der Waals surface area contributed by atoms with Gasteiger partial charge in [-0.3, -0.25) is 0 Å². The molecule has 152 valence electrons. The molecule has 8 heteroatoms. The third kappa shape index (κ3) is 3.70. The van der Waals surface area contributed by atoms with Crippen LogP contribution in [0.1, 0.15) is 5.56 Å². The molecule has 0 unspecified atom stereocenters. The van der Waals surface area contributed by atoms with Gasteiger partial charge in [-0.1, -0.05) is 18.2 Å². The van der Waals surface area contributed by atoms with Crippen LogP contribution in [0.15, 0.2) is 60.9 Å². The highest BCUT2D eigenvalue weighted by Gasteiger charge is 2.13. The summed E-state index contributed by atoms with van der Waals surface area (Å²) in [6, 6.07) is 15.6. The Kier molecular flexibility index (Phi) is 5.00. The molecule has 2 N–H and O–H groups in total. The molecule has 4 heterocycles. The highest BCUT2D eigenvalue weighted by Crippen LogP contribution is 2.24. The average Bonchev–Trinajstić information content (AvgIpc) is 3.22. The Morgan fingerprint density at radius 2 is 1.93 bits per heavy atom. The first-order valence-electron chi connectivity index (χ1n) is 9.91. The second-order valence-corrected chi connectivity index (χ2v) is 7.12. The monoisotopic (exact) mass is 402 g/mol. The van der Waals surface area contributed by atoms with Crippen molar-refractivity contribution in [3.05, 3.63) is 66.5 Å². The van der Waals surface area contributed by atoms with Gasteiger partial charge < -0.3 is 20.1 Å². The first-order valence-corrected chi connectivity index (χ1v) is 9.91. The number of hydrogen-bond acceptors (Lipinski definition) is 7. The molecule has 1 saturated heterocycles. The molecular formula is C22H22N6O2. The highest BCUT2D eigenvalue weighted by atomic mass is 16.5. The van der Waals surface area contributed by atoms with E-state index in [1.165, 1.54) is 0 Å². The fourth-order valence-electron chi connectivity index (χ4n) is 3.55. The fourth-order valence-corrected chi connectivity index (χ4v) is 3.55. The largest absolute Gasteiger partial charge is 0.392 e. The second-order valence-electron chi connectivity index (χ2n) is 7.12. The number of nitrogens with zero attached hydrogens (tertiary/aromatic N) is 5. The Labute approximate surface area is 173 Å². The number of anilines is 3. The van der Waals surface area contributed by atoms with Crippen LogP contribution in [-0.4, -0.2) is 51.0 Å². The van der Waals surface area contributed by atoms with Crippen molar-refractivity contribution >= 4 is 23.0 Å². The fraction of sp³-hybridized carbons (Fsp3) is 0.227. The predicted molar refractivity (Wildman–Crippen MR) is 115 cm³/mol. The Hall–Kier alpha value is -3.49.